The molecule has 5 heteroatoms. The van der Waals surface area contributed by atoms with Crippen molar-refractivity contribution < 1.29 is 24.2 Å². The molecule has 0 spiro atoms. The maximum Gasteiger partial charge on any atom is 0.333 e. The molecule has 0 heterocycles. The summed E-state index contributed by atoms with van der Waals surface area (Å²) in [6.45, 7) is 19.7. The molecule has 222 valence electrons. The molecule has 4 saturated carbocycles. The predicted octanol–water partition coefficient (Wildman–Crippen LogP) is 7.93. The molecule has 8 unspecified atom stereocenters. The van der Waals surface area contributed by atoms with Crippen molar-refractivity contribution in [2.45, 2.75) is 126 Å². The Morgan fingerprint density at radius 1 is 0.975 bits per heavy atom. The van der Waals surface area contributed by atoms with Crippen LogP contribution < -0.4 is 0 Å². The summed E-state index contributed by atoms with van der Waals surface area (Å²) in [5.41, 5.74) is 0.279. The van der Waals surface area contributed by atoms with Gasteiger partial charge in [-0.15, -0.1) is 0 Å². The smallest absolute Gasteiger partial charge is 0.333 e. The zero-order valence-corrected chi connectivity index (χ0v) is 26.4. The van der Waals surface area contributed by atoms with E-state index in [-0.39, 0.29) is 33.0 Å². The van der Waals surface area contributed by atoms with E-state index in [0.717, 1.165) is 38.5 Å². The molecule has 5 nitrogen and oxygen atoms in total. The van der Waals surface area contributed by atoms with Crippen LogP contribution in [0.2, 0.25) is 0 Å². The van der Waals surface area contributed by atoms with Gasteiger partial charge >= 0.3 is 11.9 Å². The average molecular weight is 553 g/mol. The van der Waals surface area contributed by atoms with Crippen LogP contribution >= 0.6 is 0 Å². The van der Waals surface area contributed by atoms with Crippen molar-refractivity contribution in [3.8, 4) is 0 Å². The van der Waals surface area contributed by atoms with Crippen LogP contribution in [-0.4, -0.2) is 28.9 Å². The first-order valence-corrected chi connectivity index (χ1v) is 15.7. The average Bonchev–Trinajstić information content (AvgIpc) is 2.85. The SMILES string of the molecule is CC=C(C)C(=O)OC1CC(C)(C)CC2C3=CCC4C5(C)CCC(=O)C(C)(C)C5CCC4(C)C3(C)CCC12C(=O)O. The Hall–Kier alpha value is -1.91. The van der Waals surface area contributed by atoms with Gasteiger partial charge in [0.25, 0.3) is 0 Å². The number of carboxylic acid groups (broad SMARTS) is 1. The Bertz CT molecular complexity index is 1190. The first-order chi connectivity index (χ1) is 18.4. The summed E-state index contributed by atoms with van der Waals surface area (Å²) in [4.78, 5) is 39.4. The van der Waals surface area contributed by atoms with Gasteiger partial charge in [-0.25, -0.2) is 4.79 Å². The van der Waals surface area contributed by atoms with Gasteiger partial charge in [-0.05, 0) is 98.7 Å². The number of ketones is 1. The van der Waals surface area contributed by atoms with E-state index in [2.05, 4.69) is 54.5 Å². The van der Waals surface area contributed by atoms with E-state index in [1.807, 2.05) is 6.92 Å². The summed E-state index contributed by atoms with van der Waals surface area (Å²) in [7, 11) is 0. The number of allylic oxidation sites excluding steroid dienone is 3. The van der Waals surface area contributed by atoms with Gasteiger partial charge < -0.3 is 9.84 Å². The van der Waals surface area contributed by atoms with E-state index < -0.39 is 23.5 Å². The quantitative estimate of drug-likeness (QED) is 0.218. The Balaban J connectivity index is 1.60. The van der Waals surface area contributed by atoms with Gasteiger partial charge in [-0.3, -0.25) is 9.59 Å². The zero-order valence-electron chi connectivity index (χ0n) is 26.4. The van der Waals surface area contributed by atoms with E-state index >= 15 is 0 Å². The van der Waals surface area contributed by atoms with Gasteiger partial charge in [-0.1, -0.05) is 66.2 Å². The molecular weight excluding hydrogens is 500 g/mol. The second kappa shape index (κ2) is 9.04. The minimum absolute atomic E-state index is 0.0266. The molecular formula is C35H52O5. The molecule has 0 saturated heterocycles. The lowest BCUT2D eigenvalue weighted by Crippen LogP contribution is -2.66. The summed E-state index contributed by atoms with van der Waals surface area (Å²) >= 11 is 0. The molecule has 1 N–H and O–H groups in total. The van der Waals surface area contributed by atoms with Crippen LogP contribution in [-0.2, 0) is 19.1 Å². The fourth-order valence-electron chi connectivity index (χ4n) is 11.1. The van der Waals surface area contributed by atoms with Crippen molar-refractivity contribution in [2.24, 2.45) is 50.2 Å². The Morgan fingerprint density at radius 2 is 1.65 bits per heavy atom. The summed E-state index contributed by atoms with van der Waals surface area (Å²) in [6, 6.07) is 0. The highest BCUT2D eigenvalue weighted by Crippen LogP contribution is 2.75. The first kappa shape index (κ1) is 29.6. The number of aliphatic carboxylic acids is 1. The fourth-order valence-corrected chi connectivity index (χ4v) is 11.1. The van der Waals surface area contributed by atoms with Gasteiger partial charge in [0.2, 0.25) is 0 Å². The molecule has 0 amide bonds. The van der Waals surface area contributed by atoms with Gasteiger partial charge in [0, 0.05) is 23.3 Å². The van der Waals surface area contributed by atoms with Crippen LogP contribution in [0.15, 0.2) is 23.3 Å². The van der Waals surface area contributed by atoms with Gasteiger partial charge in [-0.2, -0.15) is 0 Å². The van der Waals surface area contributed by atoms with Crippen LogP contribution in [0.3, 0.4) is 0 Å². The van der Waals surface area contributed by atoms with Crippen molar-refractivity contribution in [1.29, 1.82) is 0 Å². The number of fused-ring (bicyclic) bond motifs is 7. The summed E-state index contributed by atoms with van der Waals surface area (Å²) in [5.74, 6) is -0.125. The third kappa shape index (κ3) is 3.73. The highest BCUT2D eigenvalue weighted by atomic mass is 16.5. The first-order valence-electron chi connectivity index (χ1n) is 15.7. The molecule has 0 bridgehead atoms. The number of Topliss-reactive ketones (excluding diaryl/α,β-unsaturated/α-hetero) is 1. The molecule has 0 aromatic carbocycles. The topological polar surface area (TPSA) is 80.7 Å². The zero-order chi connectivity index (χ0) is 29.7. The maximum atomic E-state index is 13.4. The summed E-state index contributed by atoms with van der Waals surface area (Å²) in [5, 5.41) is 11.0. The molecule has 0 radical (unpaired) electrons. The number of carbonyl (C=O) groups excluding carboxylic acids is 2. The number of hydrogen-bond donors (Lipinski definition) is 1. The third-order valence-electron chi connectivity index (χ3n) is 13.8. The van der Waals surface area contributed by atoms with E-state index in [1.165, 1.54) is 5.57 Å². The minimum atomic E-state index is -1.10. The number of hydrogen-bond acceptors (Lipinski definition) is 4. The predicted molar refractivity (Wildman–Crippen MR) is 156 cm³/mol. The third-order valence-corrected chi connectivity index (χ3v) is 13.8. The van der Waals surface area contributed by atoms with Gasteiger partial charge in [0.15, 0.2) is 0 Å². The molecule has 5 aliphatic rings. The van der Waals surface area contributed by atoms with Crippen molar-refractivity contribution in [2.75, 3.05) is 0 Å². The van der Waals surface area contributed by atoms with Crippen LogP contribution in [0.4, 0.5) is 0 Å². The number of esters is 1. The van der Waals surface area contributed by atoms with E-state index in [0.29, 0.717) is 42.5 Å². The standard InChI is InChI=1S/C35H52O5/c1-10-21(2)28(37)40-27-20-30(3,4)19-23-22-11-12-25-32(7)15-14-26(36)31(5,6)24(32)13-16-34(25,9)33(22,8)17-18-35(23,27)29(38)39/h10-11,23-25,27H,12-20H2,1-9H3,(H,38,39). The molecule has 0 aromatic heterocycles. The molecule has 5 rings (SSSR count). The highest BCUT2D eigenvalue weighted by molar-refractivity contribution is 5.88. The van der Waals surface area contributed by atoms with Crippen molar-refractivity contribution in [3.63, 3.8) is 0 Å². The van der Waals surface area contributed by atoms with Gasteiger partial charge in [0.1, 0.15) is 17.3 Å². The van der Waals surface area contributed by atoms with Crippen LogP contribution in [0.5, 0.6) is 0 Å². The summed E-state index contributed by atoms with van der Waals surface area (Å²) in [6.07, 6.45) is 10.9. The van der Waals surface area contributed by atoms with E-state index in [9.17, 15) is 19.5 Å². The highest BCUT2D eigenvalue weighted by Gasteiger charge is 2.71. The molecule has 40 heavy (non-hydrogen) atoms. The van der Waals surface area contributed by atoms with Crippen molar-refractivity contribution in [1.82, 2.24) is 0 Å². The van der Waals surface area contributed by atoms with Crippen molar-refractivity contribution >= 4 is 17.7 Å². The molecule has 0 aromatic rings. The van der Waals surface area contributed by atoms with E-state index in [1.54, 1.807) is 13.0 Å². The number of ether oxygens (including phenoxy) is 1. The Kier molecular flexibility index (Phi) is 6.69. The Labute approximate surface area is 241 Å². The normalized spacial score (nSPS) is 45.7. The second-order valence-corrected chi connectivity index (χ2v) is 16.3. The lowest BCUT2D eigenvalue weighted by Gasteiger charge is -2.70. The number of carboxylic acids is 1. The number of rotatable bonds is 3. The second-order valence-electron chi connectivity index (χ2n) is 16.3. The monoisotopic (exact) mass is 552 g/mol. The molecule has 4 fully saturated rings. The van der Waals surface area contributed by atoms with Crippen LogP contribution in [0, 0.1) is 50.2 Å². The largest absolute Gasteiger partial charge is 0.481 e. The molecule has 0 aliphatic heterocycles. The minimum Gasteiger partial charge on any atom is -0.481 e. The number of carbonyl (C=O) groups is 3. The molecule has 5 aliphatic carbocycles. The summed E-state index contributed by atoms with van der Waals surface area (Å²) < 4.78 is 6.13. The lowest BCUT2D eigenvalue weighted by atomic mass is 9.33. The maximum absolute atomic E-state index is 13.4. The van der Waals surface area contributed by atoms with E-state index in [4.69, 9.17) is 4.74 Å². The molecule has 8 atom stereocenters. The fraction of sp³-hybridized carbons (Fsp3) is 0.800. The lowest BCUT2D eigenvalue weighted by molar-refractivity contribution is -0.206. The van der Waals surface area contributed by atoms with Crippen molar-refractivity contribution in [3.05, 3.63) is 23.3 Å². The van der Waals surface area contributed by atoms with Crippen LogP contribution in [0.1, 0.15) is 120 Å². The van der Waals surface area contributed by atoms with Gasteiger partial charge in [0.05, 0.1) is 0 Å². The Morgan fingerprint density at radius 3 is 2.27 bits per heavy atom. The van der Waals surface area contributed by atoms with Crippen LogP contribution in [0.25, 0.3) is 0 Å².